The van der Waals surface area contributed by atoms with Crippen molar-refractivity contribution < 1.29 is 19.4 Å². The molecule has 1 saturated carbocycles. The number of ether oxygens (including phenoxy) is 2. The van der Waals surface area contributed by atoms with E-state index in [0.29, 0.717) is 44.8 Å². The summed E-state index contributed by atoms with van der Waals surface area (Å²) in [6.45, 7) is 4.65. The Bertz CT molecular complexity index is 1550. The second-order valence-corrected chi connectivity index (χ2v) is 11.8. The maximum absolute atomic E-state index is 14.3. The van der Waals surface area contributed by atoms with Crippen molar-refractivity contribution in [2.45, 2.75) is 56.7 Å². The van der Waals surface area contributed by atoms with Gasteiger partial charge < -0.3 is 33.9 Å². The molecule has 2 N–H and O–H groups in total. The molecule has 1 amide bonds. The number of aryl methyl sites for hydroxylation is 1. The topological polar surface area (TPSA) is 107 Å². The number of imidazole rings is 2. The highest BCUT2D eigenvalue weighted by Gasteiger charge is 2.42. The van der Waals surface area contributed by atoms with Gasteiger partial charge in [-0.25, -0.2) is 9.97 Å². The van der Waals surface area contributed by atoms with E-state index in [0.717, 1.165) is 47.8 Å². The van der Waals surface area contributed by atoms with Gasteiger partial charge in [0.15, 0.2) is 5.69 Å². The fourth-order valence-electron chi connectivity index (χ4n) is 6.77. The molecule has 2 fully saturated rings. The van der Waals surface area contributed by atoms with Crippen molar-refractivity contribution in [2.24, 2.45) is 0 Å². The van der Waals surface area contributed by atoms with Crippen LogP contribution in [0, 0.1) is 6.92 Å². The van der Waals surface area contributed by atoms with Crippen LogP contribution >= 0.6 is 0 Å². The number of hydrogen-bond acceptors (Lipinski definition) is 7. The lowest BCUT2D eigenvalue weighted by atomic mass is 9.80. The second-order valence-electron chi connectivity index (χ2n) is 11.8. The van der Waals surface area contributed by atoms with Crippen molar-refractivity contribution >= 4 is 5.91 Å². The Morgan fingerprint density at radius 2 is 2.00 bits per heavy atom. The molecule has 4 aromatic rings. The molecule has 6 rings (SSSR count). The zero-order valence-electron chi connectivity index (χ0n) is 25.6. The first-order chi connectivity index (χ1) is 21.5. The predicted molar refractivity (Wildman–Crippen MR) is 168 cm³/mol. The van der Waals surface area contributed by atoms with E-state index < -0.39 is 5.60 Å². The fourth-order valence-corrected chi connectivity index (χ4v) is 6.77. The van der Waals surface area contributed by atoms with Crippen LogP contribution in [0.4, 0.5) is 0 Å². The number of carbonyl (C=O) groups is 1. The molecule has 1 aliphatic heterocycles. The van der Waals surface area contributed by atoms with Gasteiger partial charge in [-0.1, -0.05) is 49.2 Å². The lowest BCUT2D eigenvalue weighted by Crippen LogP contribution is -2.54. The van der Waals surface area contributed by atoms with Crippen LogP contribution in [0.5, 0.6) is 5.75 Å². The average Bonchev–Trinajstić information content (AvgIpc) is 3.68. The largest absolute Gasteiger partial charge is 0.493 e. The first-order valence-electron chi connectivity index (χ1n) is 15.6. The summed E-state index contributed by atoms with van der Waals surface area (Å²) in [5.74, 6) is 1.59. The molecule has 0 bridgehead atoms. The number of aliphatic hydroxyl groups is 1. The maximum atomic E-state index is 14.3. The number of nitrogens with one attached hydrogen (secondary N) is 1. The second kappa shape index (κ2) is 13.3. The van der Waals surface area contributed by atoms with Crippen LogP contribution in [0.1, 0.15) is 54.5 Å². The zero-order valence-corrected chi connectivity index (χ0v) is 25.6. The SMILES string of the molecule is COC[C@]1(O)CCCC[C@H]1n1cnc(C(=O)N2CCNC[C@H]2CCOc2cccc(-n3ccnc3C)c2)c1-c1ccccc1. The Morgan fingerprint density at radius 3 is 2.80 bits per heavy atom. The number of amides is 1. The minimum atomic E-state index is -1.03. The number of nitrogens with zero attached hydrogens (tertiary/aromatic N) is 5. The van der Waals surface area contributed by atoms with Gasteiger partial charge in [0.1, 0.15) is 17.2 Å². The van der Waals surface area contributed by atoms with E-state index in [1.165, 1.54) is 0 Å². The van der Waals surface area contributed by atoms with Crippen LogP contribution in [-0.2, 0) is 4.74 Å². The van der Waals surface area contributed by atoms with E-state index >= 15 is 0 Å². The number of carbonyl (C=O) groups excluding carboxylic acids is 1. The lowest BCUT2D eigenvalue weighted by molar-refractivity contribution is -0.0893. The van der Waals surface area contributed by atoms with Crippen LogP contribution < -0.4 is 10.1 Å². The summed E-state index contributed by atoms with van der Waals surface area (Å²) in [5, 5.41) is 15.1. The third kappa shape index (κ3) is 6.15. The van der Waals surface area contributed by atoms with Gasteiger partial charge in [0.05, 0.1) is 37.0 Å². The molecule has 3 heterocycles. The molecule has 0 spiro atoms. The summed E-state index contributed by atoms with van der Waals surface area (Å²) in [6.07, 6.45) is 9.50. The molecule has 44 heavy (non-hydrogen) atoms. The highest BCUT2D eigenvalue weighted by atomic mass is 16.5. The van der Waals surface area contributed by atoms with Gasteiger partial charge in [0, 0.05) is 63.2 Å². The zero-order chi connectivity index (χ0) is 30.5. The molecule has 0 radical (unpaired) electrons. The Morgan fingerprint density at radius 1 is 1.14 bits per heavy atom. The van der Waals surface area contributed by atoms with Crippen LogP contribution in [0.15, 0.2) is 73.3 Å². The van der Waals surface area contributed by atoms with Gasteiger partial charge in [0.2, 0.25) is 0 Å². The minimum Gasteiger partial charge on any atom is -0.493 e. The summed E-state index contributed by atoms with van der Waals surface area (Å²) in [6, 6.07) is 17.6. The first-order valence-corrected chi connectivity index (χ1v) is 15.6. The Kier molecular flexibility index (Phi) is 9.11. The maximum Gasteiger partial charge on any atom is 0.275 e. The third-order valence-corrected chi connectivity index (χ3v) is 8.98. The molecule has 232 valence electrons. The van der Waals surface area contributed by atoms with Gasteiger partial charge in [-0.3, -0.25) is 4.79 Å². The van der Waals surface area contributed by atoms with Gasteiger partial charge in [-0.05, 0) is 31.9 Å². The average molecular weight is 599 g/mol. The lowest BCUT2D eigenvalue weighted by Gasteiger charge is -2.41. The van der Waals surface area contributed by atoms with Crippen molar-refractivity contribution in [3.8, 4) is 22.7 Å². The Hall–Kier alpha value is -3.99. The molecule has 3 atom stereocenters. The van der Waals surface area contributed by atoms with Gasteiger partial charge >= 0.3 is 0 Å². The Labute approximate surface area is 258 Å². The summed E-state index contributed by atoms with van der Waals surface area (Å²) in [4.78, 5) is 25.3. The number of benzene rings is 2. The number of rotatable bonds is 10. The minimum absolute atomic E-state index is 0.0517. The highest BCUT2D eigenvalue weighted by Crippen LogP contribution is 2.41. The summed E-state index contributed by atoms with van der Waals surface area (Å²) in [5.41, 5.74) is 2.03. The van der Waals surface area contributed by atoms with E-state index in [9.17, 15) is 9.90 Å². The Balaban J connectivity index is 1.23. The van der Waals surface area contributed by atoms with E-state index in [1.54, 1.807) is 19.6 Å². The van der Waals surface area contributed by atoms with E-state index in [2.05, 4.69) is 10.3 Å². The molecule has 10 nitrogen and oxygen atoms in total. The van der Waals surface area contributed by atoms with Gasteiger partial charge in [0.25, 0.3) is 5.91 Å². The molecule has 10 heteroatoms. The van der Waals surface area contributed by atoms with E-state index in [-0.39, 0.29) is 24.6 Å². The molecular formula is C34H42N6O4. The fraction of sp³-hybridized carbons (Fsp3) is 0.441. The number of hydrogen-bond donors (Lipinski definition) is 2. The molecular weight excluding hydrogens is 556 g/mol. The smallest absolute Gasteiger partial charge is 0.275 e. The third-order valence-electron chi connectivity index (χ3n) is 8.98. The van der Waals surface area contributed by atoms with Crippen LogP contribution in [-0.4, -0.2) is 86.6 Å². The molecule has 0 unspecified atom stereocenters. The monoisotopic (exact) mass is 598 g/mol. The standard InChI is InChI=1S/C34H42N6O4/c1-25-36-17-19-38(25)27-11-8-12-29(21-27)44-20-14-28-22-35-16-18-39(28)33(41)31-32(26-9-4-3-5-10-26)40(24-37-31)30-13-6-7-15-34(30,42)23-43-2/h3-5,8-12,17,19,21,24,28,30,35,42H,6-7,13-16,18,20,22-23H2,1-2H3/t28-,30-,34-/m1/s1. The predicted octanol–water partition coefficient (Wildman–Crippen LogP) is 4.42. The number of methoxy groups -OCH3 is 1. The number of aromatic nitrogens is 4. The van der Waals surface area contributed by atoms with Crippen LogP contribution in [0.3, 0.4) is 0 Å². The van der Waals surface area contributed by atoms with Gasteiger partial charge in [-0.15, -0.1) is 0 Å². The quantitative estimate of drug-likeness (QED) is 0.278. The summed E-state index contributed by atoms with van der Waals surface area (Å²) >= 11 is 0. The molecule has 2 aromatic carbocycles. The molecule has 2 aromatic heterocycles. The molecule has 1 saturated heterocycles. The van der Waals surface area contributed by atoms with Crippen LogP contribution in [0.25, 0.3) is 16.9 Å². The van der Waals surface area contributed by atoms with E-state index in [4.69, 9.17) is 14.5 Å². The van der Waals surface area contributed by atoms with Gasteiger partial charge in [-0.2, -0.15) is 0 Å². The van der Waals surface area contributed by atoms with E-state index in [1.807, 2.05) is 81.8 Å². The van der Waals surface area contributed by atoms with Crippen molar-refractivity contribution in [1.29, 1.82) is 0 Å². The number of piperazine rings is 1. The van der Waals surface area contributed by atoms with Crippen LogP contribution in [0.2, 0.25) is 0 Å². The molecule has 1 aliphatic carbocycles. The van der Waals surface area contributed by atoms with Crippen molar-refractivity contribution in [3.05, 3.63) is 84.8 Å². The first kappa shape index (κ1) is 30.1. The summed E-state index contributed by atoms with van der Waals surface area (Å²) in [7, 11) is 1.62. The van der Waals surface area contributed by atoms with Crippen molar-refractivity contribution in [1.82, 2.24) is 29.3 Å². The molecule has 2 aliphatic rings. The van der Waals surface area contributed by atoms with Crippen molar-refractivity contribution in [3.63, 3.8) is 0 Å². The normalized spacial score (nSPS) is 22.2. The van der Waals surface area contributed by atoms with Crippen molar-refractivity contribution in [2.75, 3.05) is 40.0 Å². The highest BCUT2D eigenvalue weighted by molar-refractivity contribution is 5.98. The summed E-state index contributed by atoms with van der Waals surface area (Å²) < 4.78 is 15.7.